The minimum atomic E-state index is -0.0193. The molecule has 1 aromatic rings. The standard InChI is InChI=1S/C27H43N3O3/c1-21(31)28-19-26(18-24-8-5-4-6-9-24)30(22(2)32)20-25-10-7-16-29(25)17-15-23-11-13-27(33-3)14-12-23/h11-14,24-26H,4-10,15-20H2,1-3H3,(H,28,31)/t25-,26+/m0/s1. The molecule has 2 aliphatic rings. The summed E-state index contributed by atoms with van der Waals surface area (Å²) in [6, 6.07) is 8.79. The quantitative estimate of drug-likeness (QED) is 0.545. The van der Waals surface area contributed by atoms with E-state index in [0.717, 1.165) is 44.6 Å². The Labute approximate surface area is 200 Å². The Morgan fingerprint density at radius 1 is 1.09 bits per heavy atom. The second kappa shape index (κ2) is 13.0. The predicted octanol–water partition coefficient (Wildman–Crippen LogP) is 4.03. The smallest absolute Gasteiger partial charge is 0.219 e. The number of hydrogen-bond acceptors (Lipinski definition) is 4. The number of carbonyl (C=O) groups is 2. The maximum absolute atomic E-state index is 12.8. The number of ether oxygens (including phenoxy) is 1. The number of nitrogens with zero attached hydrogens (tertiary/aromatic N) is 2. The highest BCUT2D eigenvalue weighted by Crippen LogP contribution is 2.29. The number of rotatable bonds is 11. The van der Waals surface area contributed by atoms with Gasteiger partial charge in [0.05, 0.1) is 7.11 Å². The lowest BCUT2D eigenvalue weighted by Gasteiger charge is -2.38. The molecule has 1 aliphatic carbocycles. The first-order chi connectivity index (χ1) is 16.0. The van der Waals surface area contributed by atoms with Gasteiger partial charge in [-0.1, -0.05) is 44.2 Å². The zero-order valence-electron chi connectivity index (χ0n) is 20.9. The van der Waals surface area contributed by atoms with Gasteiger partial charge < -0.3 is 15.0 Å². The largest absolute Gasteiger partial charge is 0.497 e. The van der Waals surface area contributed by atoms with Gasteiger partial charge in [-0.05, 0) is 55.8 Å². The highest BCUT2D eigenvalue weighted by molar-refractivity contribution is 5.74. The van der Waals surface area contributed by atoms with E-state index in [-0.39, 0.29) is 17.9 Å². The summed E-state index contributed by atoms with van der Waals surface area (Å²) in [5.41, 5.74) is 1.31. The Morgan fingerprint density at radius 2 is 1.82 bits per heavy atom. The molecule has 1 saturated carbocycles. The van der Waals surface area contributed by atoms with Gasteiger partial charge >= 0.3 is 0 Å². The van der Waals surface area contributed by atoms with Crippen LogP contribution in [0.25, 0.3) is 0 Å². The molecule has 1 aromatic carbocycles. The van der Waals surface area contributed by atoms with E-state index in [1.165, 1.54) is 44.1 Å². The van der Waals surface area contributed by atoms with Crippen molar-refractivity contribution in [2.24, 2.45) is 5.92 Å². The van der Waals surface area contributed by atoms with Gasteiger partial charge in [-0.25, -0.2) is 0 Å². The number of amides is 2. The zero-order valence-corrected chi connectivity index (χ0v) is 20.9. The average Bonchev–Trinajstić information content (AvgIpc) is 3.26. The van der Waals surface area contributed by atoms with Crippen molar-refractivity contribution in [2.45, 2.75) is 83.7 Å². The summed E-state index contributed by atoms with van der Waals surface area (Å²) in [4.78, 5) is 29.1. The molecule has 0 bridgehead atoms. The fourth-order valence-electron chi connectivity index (χ4n) is 5.61. The van der Waals surface area contributed by atoms with E-state index < -0.39 is 0 Å². The van der Waals surface area contributed by atoms with E-state index in [9.17, 15) is 9.59 Å². The number of methoxy groups -OCH3 is 1. The highest BCUT2D eigenvalue weighted by Gasteiger charge is 2.31. The Balaban J connectivity index is 1.62. The monoisotopic (exact) mass is 457 g/mol. The summed E-state index contributed by atoms with van der Waals surface area (Å²) in [5.74, 6) is 1.66. The fraction of sp³-hybridized carbons (Fsp3) is 0.704. The molecule has 0 radical (unpaired) electrons. The lowest BCUT2D eigenvalue weighted by molar-refractivity contribution is -0.133. The van der Waals surface area contributed by atoms with Crippen molar-refractivity contribution in [3.63, 3.8) is 0 Å². The Morgan fingerprint density at radius 3 is 2.45 bits per heavy atom. The average molecular weight is 458 g/mol. The highest BCUT2D eigenvalue weighted by atomic mass is 16.5. The van der Waals surface area contributed by atoms with Crippen molar-refractivity contribution in [1.82, 2.24) is 15.1 Å². The fourth-order valence-corrected chi connectivity index (χ4v) is 5.61. The minimum absolute atomic E-state index is 0.0193. The van der Waals surface area contributed by atoms with Crippen molar-refractivity contribution in [1.29, 1.82) is 0 Å². The van der Waals surface area contributed by atoms with E-state index in [4.69, 9.17) is 4.74 Å². The summed E-state index contributed by atoms with van der Waals surface area (Å²) in [6.45, 7) is 6.66. The molecule has 6 heteroatoms. The molecule has 2 atom stereocenters. The van der Waals surface area contributed by atoms with E-state index in [2.05, 4.69) is 27.2 Å². The summed E-state index contributed by atoms with van der Waals surface area (Å²) < 4.78 is 5.27. The van der Waals surface area contributed by atoms with Crippen LogP contribution in [0, 0.1) is 5.92 Å². The number of likely N-dealkylation sites (tertiary alicyclic amines) is 1. The van der Waals surface area contributed by atoms with E-state index in [0.29, 0.717) is 18.5 Å². The van der Waals surface area contributed by atoms with Crippen LogP contribution in [0.5, 0.6) is 5.75 Å². The SMILES string of the molecule is COc1ccc(CCN2CCC[C@H]2CN(C(C)=O)[C@@H](CNC(C)=O)CC2CCCCC2)cc1. The molecular weight excluding hydrogens is 414 g/mol. The molecule has 3 rings (SSSR count). The van der Waals surface area contributed by atoms with Crippen molar-refractivity contribution in [2.75, 3.05) is 33.3 Å². The van der Waals surface area contributed by atoms with Crippen LogP contribution in [0.1, 0.15) is 70.8 Å². The van der Waals surface area contributed by atoms with Crippen LogP contribution in [-0.2, 0) is 16.0 Å². The molecule has 1 heterocycles. The molecule has 184 valence electrons. The van der Waals surface area contributed by atoms with E-state index in [1.807, 2.05) is 12.1 Å². The van der Waals surface area contributed by atoms with E-state index >= 15 is 0 Å². The van der Waals surface area contributed by atoms with Gasteiger partial charge in [0.2, 0.25) is 11.8 Å². The molecule has 1 aliphatic heterocycles. The van der Waals surface area contributed by atoms with Gasteiger partial charge in [-0.2, -0.15) is 0 Å². The van der Waals surface area contributed by atoms with Gasteiger partial charge in [0.25, 0.3) is 0 Å². The third kappa shape index (κ3) is 8.02. The maximum Gasteiger partial charge on any atom is 0.219 e. The van der Waals surface area contributed by atoms with Crippen LogP contribution < -0.4 is 10.1 Å². The second-order valence-electron chi connectivity index (χ2n) is 9.93. The normalized spacial score (nSPS) is 20.4. The number of benzene rings is 1. The third-order valence-corrected chi connectivity index (χ3v) is 7.52. The minimum Gasteiger partial charge on any atom is -0.497 e. The molecule has 0 unspecified atom stereocenters. The van der Waals surface area contributed by atoms with Crippen molar-refractivity contribution in [3.05, 3.63) is 29.8 Å². The van der Waals surface area contributed by atoms with Crippen molar-refractivity contribution >= 4 is 11.8 Å². The van der Waals surface area contributed by atoms with Crippen LogP contribution in [0.3, 0.4) is 0 Å². The van der Waals surface area contributed by atoms with Crippen LogP contribution >= 0.6 is 0 Å². The van der Waals surface area contributed by atoms with Crippen molar-refractivity contribution in [3.8, 4) is 5.75 Å². The lowest BCUT2D eigenvalue weighted by atomic mass is 9.84. The summed E-state index contributed by atoms with van der Waals surface area (Å²) in [5, 5.41) is 3.01. The number of carbonyl (C=O) groups excluding carboxylic acids is 2. The summed E-state index contributed by atoms with van der Waals surface area (Å²) >= 11 is 0. The zero-order chi connectivity index (χ0) is 23.6. The van der Waals surface area contributed by atoms with Gasteiger partial charge in [0, 0.05) is 45.6 Å². The second-order valence-corrected chi connectivity index (χ2v) is 9.93. The van der Waals surface area contributed by atoms with Crippen LogP contribution in [0.15, 0.2) is 24.3 Å². The Kier molecular flexibility index (Phi) is 10.0. The molecule has 1 N–H and O–H groups in total. The molecule has 1 saturated heterocycles. The van der Waals surface area contributed by atoms with Gasteiger partial charge in [-0.3, -0.25) is 14.5 Å². The molecule has 2 amide bonds. The first-order valence-electron chi connectivity index (χ1n) is 12.8. The first-order valence-corrected chi connectivity index (χ1v) is 12.8. The van der Waals surface area contributed by atoms with Gasteiger partial charge in [0.1, 0.15) is 5.75 Å². The maximum atomic E-state index is 12.8. The van der Waals surface area contributed by atoms with Crippen LogP contribution in [-0.4, -0.2) is 67.0 Å². The molecule has 0 aromatic heterocycles. The Hall–Kier alpha value is -2.08. The third-order valence-electron chi connectivity index (χ3n) is 7.52. The lowest BCUT2D eigenvalue weighted by Crippen LogP contribution is -2.51. The molecule has 33 heavy (non-hydrogen) atoms. The summed E-state index contributed by atoms with van der Waals surface area (Å²) in [7, 11) is 1.69. The predicted molar refractivity (Wildman–Crippen MR) is 132 cm³/mol. The Bertz CT molecular complexity index is 745. The summed E-state index contributed by atoms with van der Waals surface area (Å²) in [6.07, 6.45) is 10.7. The number of nitrogens with one attached hydrogen (secondary N) is 1. The van der Waals surface area contributed by atoms with Gasteiger partial charge in [-0.15, -0.1) is 0 Å². The van der Waals surface area contributed by atoms with Crippen LogP contribution in [0.4, 0.5) is 0 Å². The molecule has 0 spiro atoms. The van der Waals surface area contributed by atoms with E-state index in [1.54, 1.807) is 21.0 Å². The molecule has 2 fully saturated rings. The van der Waals surface area contributed by atoms with Crippen molar-refractivity contribution < 1.29 is 14.3 Å². The number of hydrogen-bond donors (Lipinski definition) is 1. The van der Waals surface area contributed by atoms with Crippen LogP contribution in [0.2, 0.25) is 0 Å². The molecule has 6 nitrogen and oxygen atoms in total. The molecular formula is C27H43N3O3. The topological polar surface area (TPSA) is 61.9 Å². The first kappa shape index (κ1) is 25.5. The van der Waals surface area contributed by atoms with Gasteiger partial charge in [0.15, 0.2) is 0 Å².